The number of thioether (sulfide) groups is 1. The SMILES string of the molecule is O=C1CCC/C=C\SCC(C=NCc2ccccc2)N1[O-]. The Kier molecular flexibility index (Phi) is 6.50. The van der Waals surface area contributed by atoms with Crippen LogP contribution in [0.5, 0.6) is 0 Å². The molecule has 0 aliphatic carbocycles. The third-order valence-corrected chi connectivity index (χ3v) is 4.08. The van der Waals surface area contributed by atoms with Gasteiger partial charge < -0.3 is 10.3 Å². The Balaban J connectivity index is 1.98. The van der Waals surface area contributed by atoms with E-state index in [0.717, 1.165) is 18.4 Å². The summed E-state index contributed by atoms with van der Waals surface area (Å²) in [5.74, 6) is 0.200. The maximum Gasteiger partial charge on any atom is 0.212 e. The van der Waals surface area contributed by atoms with Crippen molar-refractivity contribution in [1.82, 2.24) is 5.06 Å². The monoisotopic (exact) mass is 303 g/mol. The van der Waals surface area contributed by atoms with Gasteiger partial charge in [0.2, 0.25) is 5.91 Å². The average Bonchev–Trinajstić information content (AvgIpc) is 2.52. The third-order valence-electron chi connectivity index (χ3n) is 3.16. The molecule has 5 heteroatoms. The van der Waals surface area contributed by atoms with Crippen LogP contribution in [0, 0.1) is 5.21 Å². The molecule has 0 bridgehead atoms. The van der Waals surface area contributed by atoms with Crippen molar-refractivity contribution in [1.29, 1.82) is 0 Å². The van der Waals surface area contributed by atoms with Gasteiger partial charge in [-0.3, -0.25) is 9.79 Å². The van der Waals surface area contributed by atoms with Gasteiger partial charge in [-0.25, -0.2) is 0 Å². The highest BCUT2D eigenvalue weighted by molar-refractivity contribution is 8.02. The van der Waals surface area contributed by atoms with Crippen molar-refractivity contribution in [3.05, 3.63) is 52.6 Å². The van der Waals surface area contributed by atoms with E-state index in [9.17, 15) is 10.0 Å². The van der Waals surface area contributed by atoms with Gasteiger partial charge in [0.25, 0.3) is 0 Å². The number of hydrogen-bond donors (Lipinski definition) is 0. The molecule has 21 heavy (non-hydrogen) atoms. The minimum atomic E-state index is -0.492. The van der Waals surface area contributed by atoms with Crippen molar-refractivity contribution in [3.8, 4) is 0 Å². The van der Waals surface area contributed by atoms with Gasteiger partial charge in [0, 0.05) is 18.4 Å². The van der Waals surface area contributed by atoms with Crippen molar-refractivity contribution >= 4 is 23.9 Å². The Morgan fingerprint density at radius 2 is 2.19 bits per heavy atom. The van der Waals surface area contributed by atoms with Crippen LogP contribution < -0.4 is 0 Å². The van der Waals surface area contributed by atoms with Crippen LogP contribution in [0.3, 0.4) is 0 Å². The first-order valence-corrected chi connectivity index (χ1v) is 8.12. The summed E-state index contributed by atoms with van der Waals surface area (Å²) in [5, 5.41) is 14.6. The lowest BCUT2D eigenvalue weighted by atomic mass is 10.2. The van der Waals surface area contributed by atoms with Gasteiger partial charge in [0.1, 0.15) is 0 Å². The highest BCUT2D eigenvalue weighted by atomic mass is 32.2. The molecule has 0 radical (unpaired) electrons. The molecule has 1 aliphatic heterocycles. The number of aliphatic imine (C=N–C) groups is 1. The number of nitrogens with zero attached hydrogens (tertiary/aromatic N) is 2. The number of carbonyl (C=O) groups is 1. The Morgan fingerprint density at radius 1 is 1.38 bits per heavy atom. The summed E-state index contributed by atoms with van der Waals surface area (Å²) in [4.78, 5) is 16.1. The lowest BCUT2D eigenvalue weighted by Gasteiger charge is -2.35. The molecule has 4 nitrogen and oxygen atoms in total. The van der Waals surface area contributed by atoms with Crippen LogP contribution >= 0.6 is 11.8 Å². The van der Waals surface area contributed by atoms with Gasteiger partial charge in [0.05, 0.1) is 12.6 Å². The molecule has 1 heterocycles. The Hall–Kier alpha value is -1.59. The van der Waals surface area contributed by atoms with Crippen LogP contribution in [0.15, 0.2) is 46.8 Å². The molecule has 2 rings (SSSR count). The van der Waals surface area contributed by atoms with E-state index in [-0.39, 0.29) is 5.91 Å². The van der Waals surface area contributed by atoms with Crippen LogP contribution in [0.25, 0.3) is 0 Å². The van der Waals surface area contributed by atoms with Gasteiger partial charge in [-0.2, -0.15) is 0 Å². The summed E-state index contributed by atoms with van der Waals surface area (Å²) in [7, 11) is 0. The fourth-order valence-electron chi connectivity index (χ4n) is 1.99. The van der Waals surface area contributed by atoms with Gasteiger partial charge >= 0.3 is 0 Å². The summed E-state index contributed by atoms with van der Waals surface area (Å²) in [6.45, 7) is 0.528. The smallest absolute Gasteiger partial charge is 0.212 e. The molecule has 112 valence electrons. The first-order chi connectivity index (χ1) is 10.3. The Morgan fingerprint density at radius 3 is 3.00 bits per heavy atom. The van der Waals surface area contributed by atoms with E-state index in [1.54, 1.807) is 18.0 Å². The van der Waals surface area contributed by atoms with Crippen LogP contribution in [-0.2, 0) is 11.3 Å². The fourth-order valence-corrected chi connectivity index (χ4v) is 2.79. The number of hydrogen-bond acceptors (Lipinski definition) is 4. The van der Waals surface area contributed by atoms with E-state index in [1.165, 1.54) is 0 Å². The van der Waals surface area contributed by atoms with Crippen LogP contribution in [0.2, 0.25) is 0 Å². The Labute approximate surface area is 129 Å². The summed E-state index contributed by atoms with van der Waals surface area (Å²) < 4.78 is 0. The van der Waals surface area contributed by atoms with Gasteiger partial charge in [-0.1, -0.05) is 36.4 Å². The van der Waals surface area contributed by atoms with Crippen LogP contribution in [0.4, 0.5) is 0 Å². The molecule has 1 atom stereocenters. The second-order valence-electron chi connectivity index (χ2n) is 4.86. The van der Waals surface area contributed by atoms with Crippen molar-refractivity contribution < 1.29 is 4.79 Å². The minimum Gasteiger partial charge on any atom is -0.756 e. The largest absolute Gasteiger partial charge is 0.756 e. The molecular weight excluding hydrogens is 284 g/mol. The first-order valence-electron chi connectivity index (χ1n) is 7.07. The number of rotatable bonds is 3. The van der Waals surface area contributed by atoms with Crippen LogP contribution in [0.1, 0.15) is 24.8 Å². The number of benzene rings is 1. The zero-order valence-corrected chi connectivity index (χ0v) is 12.7. The lowest BCUT2D eigenvalue weighted by molar-refractivity contribution is -0.129. The van der Waals surface area contributed by atoms with E-state index in [1.807, 2.05) is 35.7 Å². The Bertz CT molecular complexity index is 502. The topological polar surface area (TPSA) is 55.7 Å². The van der Waals surface area contributed by atoms with E-state index < -0.39 is 6.04 Å². The second-order valence-corrected chi connectivity index (χ2v) is 5.80. The molecule has 1 aromatic carbocycles. The molecule has 1 aromatic rings. The van der Waals surface area contributed by atoms with Gasteiger partial charge in [0.15, 0.2) is 0 Å². The number of amides is 1. The predicted octanol–water partition coefficient (Wildman–Crippen LogP) is 3.38. The van der Waals surface area contributed by atoms with Gasteiger partial charge in [-0.05, 0) is 23.8 Å². The highest BCUT2D eigenvalue weighted by Gasteiger charge is 2.14. The minimum absolute atomic E-state index is 0.307. The van der Waals surface area contributed by atoms with E-state index >= 15 is 0 Å². The maximum atomic E-state index is 12.0. The van der Waals surface area contributed by atoms with Crippen molar-refractivity contribution in [3.63, 3.8) is 0 Å². The van der Waals surface area contributed by atoms with Crippen molar-refractivity contribution in [2.45, 2.75) is 31.8 Å². The molecule has 1 unspecified atom stereocenters. The number of carbonyl (C=O) groups excluding carboxylic acids is 1. The third kappa shape index (κ3) is 5.36. The zero-order chi connectivity index (χ0) is 14.9. The van der Waals surface area contributed by atoms with E-state index in [0.29, 0.717) is 23.8 Å². The molecule has 0 fully saturated rings. The van der Waals surface area contributed by atoms with Crippen molar-refractivity contribution in [2.24, 2.45) is 4.99 Å². The highest BCUT2D eigenvalue weighted by Crippen LogP contribution is 2.14. The average molecular weight is 303 g/mol. The van der Waals surface area contributed by atoms with E-state index in [4.69, 9.17) is 0 Å². The van der Waals surface area contributed by atoms with Crippen LogP contribution in [-0.4, -0.2) is 29.0 Å². The van der Waals surface area contributed by atoms with E-state index in [2.05, 4.69) is 11.1 Å². The second kappa shape index (κ2) is 8.64. The summed E-state index contributed by atoms with van der Waals surface area (Å²) in [6.07, 6.45) is 5.54. The molecular formula is C16H19N2O2S-. The first kappa shape index (κ1) is 15.8. The molecule has 0 saturated carbocycles. The quantitative estimate of drug-likeness (QED) is 0.804. The summed E-state index contributed by atoms with van der Waals surface area (Å²) >= 11 is 1.55. The molecule has 0 saturated heterocycles. The predicted molar refractivity (Wildman–Crippen MR) is 88.1 cm³/mol. The molecule has 1 amide bonds. The molecule has 0 spiro atoms. The van der Waals surface area contributed by atoms with Crippen molar-refractivity contribution in [2.75, 3.05) is 5.75 Å². The lowest BCUT2D eigenvalue weighted by Crippen LogP contribution is -2.38. The molecule has 0 aromatic heterocycles. The standard InChI is InChI=1S/C16H19N2O2S/c19-16-9-5-2-6-10-21-13-15(18(16)20)12-17-11-14-7-3-1-4-8-14/h1,3-4,6-8,10,12,15H,2,5,9,11,13H2/q-1/b10-6-,17-12?. The zero-order valence-electron chi connectivity index (χ0n) is 11.9. The molecule has 0 N–H and O–H groups in total. The van der Waals surface area contributed by atoms with Gasteiger partial charge in [-0.15, -0.1) is 11.8 Å². The normalized spacial score (nSPS) is 22.4. The summed E-state index contributed by atoms with van der Waals surface area (Å²) in [6, 6.07) is 9.35. The molecule has 1 aliphatic rings. The fraction of sp³-hybridized carbons (Fsp3) is 0.375. The number of allylic oxidation sites excluding steroid dienone is 1. The summed E-state index contributed by atoms with van der Waals surface area (Å²) in [5.41, 5.74) is 1.09. The number of hydroxylamine groups is 2. The maximum absolute atomic E-state index is 12.0.